The van der Waals surface area contributed by atoms with Crippen molar-refractivity contribution in [2.45, 2.75) is 25.5 Å². The van der Waals surface area contributed by atoms with Crippen molar-refractivity contribution in [1.29, 1.82) is 0 Å². The number of pyridine rings is 3. The van der Waals surface area contributed by atoms with Crippen LogP contribution in [0, 0.1) is 7.40 Å². The van der Waals surface area contributed by atoms with E-state index in [4.69, 9.17) is 39.5 Å². The maximum Gasteiger partial charge on any atom is 0.183 e. The van der Waals surface area contributed by atoms with Crippen molar-refractivity contribution in [2.24, 2.45) is 0 Å². The lowest BCUT2D eigenvalue weighted by atomic mass is 10.2. The maximum atomic E-state index is 9.50. The van der Waals surface area contributed by atoms with Gasteiger partial charge in [0.15, 0.2) is 23.2 Å². The Labute approximate surface area is 270 Å². The minimum absolute atomic E-state index is 0.000678. The van der Waals surface area contributed by atoms with Crippen LogP contribution in [0.3, 0.4) is 0 Å². The van der Waals surface area contributed by atoms with Gasteiger partial charge < -0.3 is 4.74 Å². The van der Waals surface area contributed by atoms with Crippen LogP contribution in [-0.4, -0.2) is 58.9 Å². The van der Waals surface area contributed by atoms with Crippen LogP contribution < -0.4 is 0 Å². The molecule has 1 unspecified atom stereocenters. The highest BCUT2D eigenvalue weighted by Crippen LogP contribution is 2.28. The van der Waals surface area contributed by atoms with E-state index in [0.717, 1.165) is 54.3 Å². The molecule has 0 bridgehead atoms. The molecule has 0 aliphatic carbocycles. The van der Waals surface area contributed by atoms with Crippen molar-refractivity contribution >= 4 is 113 Å². The smallest absolute Gasteiger partial charge is 0.183 e. The number of ether oxygens (including phenoxy) is 1. The molecule has 0 amide bonds. The molecule has 1 aliphatic heterocycles. The molecule has 2 N–H and O–H groups in total. The van der Waals surface area contributed by atoms with Crippen molar-refractivity contribution in [1.82, 2.24) is 45.1 Å². The van der Waals surface area contributed by atoms with E-state index < -0.39 is 0 Å². The zero-order valence-corrected chi connectivity index (χ0v) is 27.3. The molecule has 0 saturated carbocycles. The van der Waals surface area contributed by atoms with Gasteiger partial charge in [-0.2, -0.15) is 15.3 Å². The van der Waals surface area contributed by atoms with E-state index in [1.54, 1.807) is 24.4 Å². The fourth-order valence-electron chi connectivity index (χ4n) is 3.72. The molecule has 0 spiro atoms. The summed E-state index contributed by atoms with van der Waals surface area (Å²) in [5.41, 5.74) is 2.21. The Balaban J connectivity index is 0.000000140. The average Bonchev–Trinajstić information content (AvgIpc) is 3.68. The number of hydrogen-bond acceptors (Lipinski definition) is 7. The summed E-state index contributed by atoms with van der Waals surface area (Å²) in [6, 6.07) is 11.0. The van der Waals surface area contributed by atoms with E-state index in [-0.39, 0.29) is 6.23 Å². The monoisotopic (exact) mass is 829 g/mol. The van der Waals surface area contributed by atoms with Gasteiger partial charge in [-0.3, -0.25) is 14.6 Å². The molecule has 1 fully saturated rings. The lowest BCUT2D eigenvalue weighted by Crippen LogP contribution is -2.19. The van der Waals surface area contributed by atoms with E-state index >= 15 is 0 Å². The van der Waals surface area contributed by atoms with Crippen molar-refractivity contribution in [3.63, 3.8) is 0 Å². The van der Waals surface area contributed by atoms with Gasteiger partial charge in [0.1, 0.15) is 22.9 Å². The zero-order chi connectivity index (χ0) is 28.6. The number of alkyl halides is 1. The second-order valence-electron chi connectivity index (χ2n) is 8.05. The lowest BCUT2D eigenvalue weighted by Gasteiger charge is -2.22. The summed E-state index contributed by atoms with van der Waals surface area (Å²) in [6.07, 6.45) is 4.99. The quantitative estimate of drug-likeness (QED) is 0.128. The summed E-state index contributed by atoms with van der Waals surface area (Å²) in [6.45, 7) is 0.795. The first kappa shape index (κ1) is 31.0. The first-order valence-corrected chi connectivity index (χ1v) is 15.0. The van der Waals surface area contributed by atoms with E-state index in [2.05, 4.69) is 85.6 Å². The molecule has 6 aromatic rings. The zero-order valence-electron chi connectivity index (χ0n) is 20.8. The molecule has 40 heavy (non-hydrogen) atoms. The summed E-state index contributed by atoms with van der Waals surface area (Å²) in [5, 5.41) is 22.3. The van der Waals surface area contributed by atoms with Crippen LogP contribution in [-0.2, 0) is 4.74 Å². The van der Waals surface area contributed by atoms with Crippen LogP contribution in [0.15, 0.2) is 42.6 Å². The van der Waals surface area contributed by atoms with Gasteiger partial charge in [0.2, 0.25) is 0 Å². The number of halogens is 6. The first-order chi connectivity index (χ1) is 19.4. The van der Waals surface area contributed by atoms with Gasteiger partial charge in [0.05, 0.1) is 24.1 Å². The van der Waals surface area contributed by atoms with Crippen molar-refractivity contribution in [3.8, 4) is 0 Å². The lowest BCUT2D eigenvalue weighted by molar-refractivity contribution is -0.0372. The molecule has 16 heteroatoms. The third kappa shape index (κ3) is 7.67. The third-order valence-corrected chi connectivity index (χ3v) is 7.76. The molecule has 6 aromatic heterocycles. The Morgan fingerprint density at radius 1 is 0.900 bits per heavy atom. The molecule has 10 nitrogen and oxygen atoms in total. The van der Waals surface area contributed by atoms with Gasteiger partial charge in [0, 0.05) is 12.0 Å². The average molecular weight is 831 g/mol. The molecular weight excluding hydrogens is 809 g/mol. The Morgan fingerprint density at radius 3 is 2.35 bits per heavy atom. The summed E-state index contributed by atoms with van der Waals surface area (Å²) >= 11 is 21.6. The highest BCUT2D eigenvalue weighted by molar-refractivity contribution is 14.1. The first-order valence-electron chi connectivity index (χ1n) is 11.7. The number of rotatable bonds is 1. The fraction of sp³-hybridized carbons (Fsp3) is 0.250. The molecule has 0 aromatic carbocycles. The second-order valence-corrected chi connectivity index (χ2v) is 11.3. The highest BCUT2D eigenvalue weighted by Gasteiger charge is 2.21. The number of aromatic nitrogens is 9. The maximum absolute atomic E-state index is 9.50. The minimum atomic E-state index is 0.000678. The molecule has 1 atom stereocenters. The number of aromatic amines is 2. The summed E-state index contributed by atoms with van der Waals surface area (Å²) in [5.74, 6) is 0. The van der Waals surface area contributed by atoms with E-state index in [1.807, 2.05) is 22.9 Å². The molecule has 7 rings (SSSR count). The van der Waals surface area contributed by atoms with E-state index in [1.165, 1.54) is 6.42 Å². The van der Waals surface area contributed by atoms with Gasteiger partial charge in [-0.1, -0.05) is 34.8 Å². The number of nitrogens with zero attached hydrogens (tertiary/aromatic N) is 7. The van der Waals surface area contributed by atoms with Crippen molar-refractivity contribution < 1.29 is 9.13 Å². The Hall–Kier alpha value is -1.92. The van der Waals surface area contributed by atoms with Crippen LogP contribution in [0.4, 0.5) is 4.39 Å². The van der Waals surface area contributed by atoms with Gasteiger partial charge in [-0.05, 0) is 101 Å². The van der Waals surface area contributed by atoms with Gasteiger partial charge in [-0.25, -0.2) is 19.6 Å². The fourth-order valence-corrected chi connectivity index (χ4v) is 5.35. The van der Waals surface area contributed by atoms with Gasteiger partial charge in [-0.15, -0.1) is 0 Å². The van der Waals surface area contributed by atoms with Crippen LogP contribution in [0.5, 0.6) is 0 Å². The summed E-state index contributed by atoms with van der Waals surface area (Å²) in [4.78, 5) is 12.4. The van der Waals surface area contributed by atoms with Crippen LogP contribution >= 0.6 is 80.0 Å². The SMILES string of the molecule is CF.Clc1ccc2c(I)[nH]nc2n1.Clc1ccc2c(I)nn(C3CCCCO3)c2n1.Clc1ccc2cn[nH]c2n1. The Kier molecular flexibility index (Phi) is 11.5. The standard InChI is InChI=1S/C11H11ClIN3O.C6H3ClIN3.C6H4ClN3.CH3F/c12-8-5-4-7-10(13)15-16(11(7)14-8)9-3-1-2-6-17-9;7-4-2-1-3-5(8)10-11-6(3)9-4;7-5-2-1-4-3-8-10-6(4)9-5;1-2/h4-5,9H,1-3,6H2;1-2H,(H,9,10,11);1-3H,(H,8,9,10);1H3. The van der Waals surface area contributed by atoms with Crippen LogP contribution in [0.1, 0.15) is 25.5 Å². The van der Waals surface area contributed by atoms with E-state index in [0.29, 0.717) is 28.3 Å². The third-order valence-electron chi connectivity index (χ3n) is 5.51. The number of fused-ring (bicyclic) bond motifs is 3. The van der Waals surface area contributed by atoms with E-state index in [9.17, 15) is 4.39 Å². The van der Waals surface area contributed by atoms with Gasteiger partial charge in [0.25, 0.3) is 0 Å². The Morgan fingerprint density at radius 2 is 1.60 bits per heavy atom. The number of H-pyrrole nitrogens is 2. The molecule has 1 aliphatic rings. The van der Waals surface area contributed by atoms with Crippen molar-refractivity contribution in [2.75, 3.05) is 13.8 Å². The highest BCUT2D eigenvalue weighted by atomic mass is 127. The van der Waals surface area contributed by atoms with Crippen LogP contribution in [0.25, 0.3) is 33.1 Å². The molecule has 1 saturated heterocycles. The predicted octanol–water partition coefficient (Wildman–Crippen LogP) is 7.80. The van der Waals surface area contributed by atoms with Crippen molar-refractivity contribution in [3.05, 3.63) is 65.5 Å². The molecule has 210 valence electrons. The predicted molar refractivity (Wildman–Crippen MR) is 172 cm³/mol. The van der Waals surface area contributed by atoms with Gasteiger partial charge >= 0.3 is 0 Å². The largest absolute Gasteiger partial charge is 0.356 e. The van der Waals surface area contributed by atoms with Crippen LogP contribution in [0.2, 0.25) is 15.5 Å². The second kappa shape index (κ2) is 14.8. The Bertz CT molecular complexity index is 1710. The molecule has 0 radical (unpaired) electrons. The number of nitrogens with one attached hydrogen (secondary N) is 2. The normalized spacial score (nSPS) is 14.6. The summed E-state index contributed by atoms with van der Waals surface area (Å²) < 4.78 is 19.0. The molecular formula is C24H21Cl3FI2N9O. The molecule has 7 heterocycles. The topological polar surface area (TPSA) is 123 Å². The summed E-state index contributed by atoms with van der Waals surface area (Å²) in [7, 11) is 0.500. The minimum Gasteiger partial charge on any atom is -0.356 e. The number of hydrogen-bond donors (Lipinski definition) is 2.